The third-order valence-electron chi connectivity index (χ3n) is 3.99. The van der Waals surface area contributed by atoms with Crippen molar-refractivity contribution in [3.63, 3.8) is 0 Å². The highest BCUT2D eigenvalue weighted by Crippen LogP contribution is 2.20. The lowest BCUT2D eigenvalue weighted by atomic mass is 9.97. The second-order valence-corrected chi connectivity index (χ2v) is 9.83. The summed E-state index contributed by atoms with van der Waals surface area (Å²) < 4.78 is 53.2. The molecule has 1 heterocycles. The first-order valence-electron chi connectivity index (χ1n) is 7.40. The Morgan fingerprint density at radius 1 is 1.17 bits per heavy atom. The minimum atomic E-state index is -3.76. The van der Waals surface area contributed by atoms with Crippen molar-refractivity contribution in [3.05, 3.63) is 24.3 Å². The van der Waals surface area contributed by atoms with Gasteiger partial charge in [0.1, 0.15) is 0 Å². The van der Waals surface area contributed by atoms with E-state index in [1.54, 1.807) is 0 Å². The molecule has 1 fully saturated rings. The van der Waals surface area contributed by atoms with Crippen LogP contribution in [-0.2, 0) is 20.0 Å². The number of benzene rings is 1. The zero-order chi connectivity index (χ0) is 17.3. The summed E-state index contributed by atoms with van der Waals surface area (Å²) in [6.07, 6.45) is 0.704. The molecule has 1 aromatic carbocycles. The van der Waals surface area contributed by atoms with Gasteiger partial charge in [0.25, 0.3) is 0 Å². The number of sulfonamides is 2. The van der Waals surface area contributed by atoms with Crippen LogP contribution in [0.4, 0.5) is 0 Å². The van der Waals surface area contributed by atoms with Gasteiger partial charge in [0.15, 0.2) is 0 Å². The normalized spacial score (nSPS) is 22.2. The predicted octanol–water partition coefficient (Wildman–Crippen LogP) is 0.635. The fourth-order valence-corrected chi connectivity index (χ4v) is 4.92. The lowest BCUT2D eigenvalue weighted by Gasteiger charge is -2.30. The lowest BCUT2D eigenvalue weighted by molar-refractivity contribution is 0.328. The van der Waals surface area contributed by atoms with E-state index in [2.05, 4.69) is 10.0 Å². The zero-order valence-electron chi connectivity index (χ0n) is 13.9. The Morgan fingerprint density at radius 3 is 2.38 bits per heavy atom. The number of rotatable bonds is 5. The summed E-state index contributed by atoms with van der Waals surface area (Å²) in [5, 5.41) is 3.21. The predicted molar refractivity (Wildman–Crippen MR) is 95.3 cm³/mol. The maximum atomic E-state index is 12.6. The number of nitrogens with one attached hydrogen (secondary N) is 2. The molecule has 0 radical (unpaired) electrons. The molecule has 0 aromatic heterocycles. The highest BCUT2D eigenvalue weighted by molar-refractivity contribution is 7.90. The van der Waals surface area contributed by atoms with Crippen molar-refractivity contribution in [2.24, 2.45) is 5.92 Å². The molecule has 24 heavy (non-hydrogen) atoms. The first kappa shape index (κ1) is 21.3. The van der Waals surface area contributed by atoms with Crippen LogP contribution in [-0.4, -0.2) is 54.4 Å². The largest absolute Gasteiger partial charge is 0.316 e. The van der Waals surface area contributed by atoms with Crippen LogP contribution < -0.4 is 10.0 Å². The summed E-state index contributed by atoms with van der Waals surface area (Å²) >= 11 is 0. The maximum absolute atomic E-state index is 12.6. The van der Waals surface area contributed by atoms with E-state index >= 15 is 0 Å². The van der Waals surface area contributed by atoms with Crippen molar-refractivity contribution >= 4 is 32.5 Å². The van der Waals surface area contributed by atoms with Crippen LogP contribution in [0.1, 0.15) is 13.3 Å². The minimum Gasteiger partial charge on any atom is -0.316 e. The Labute approximate surface area is 150 Å². The van der Waals surface area contributed by atoms with Gasteiger partial charge in [-0.2, -0.15) is 0 Å². The Morgan fingerprint density at radius 2 is 1.79 bits per heavy atom. The van der Waals surface area contributed by atoms with Gasteiger partial charge in [0, 0.05) is 20.1 Å². The van der Waals surface area contributed by atoms with Crippen molar-refractivity contribution in [1.29, 1.82) is 0 Å². The number of halogens is 1. The molecule has 2 rings (SSSR count). The molecule has 1 aromatic rings. The van der Waals surface area contributed by atoms with Crippen molar-refractivity contribution in [2.45, 2.75) is 29.2 Å². The molecule has 2 atom stereocenters. The summed E-state index contributed by atoms with van der Waals surface area (Å²) in [5.41, 5.74) is 0. The van der Waals surface area contributed by atoms with Gasteiger partial charge in [0.2, 0.25) is 20.0 Å². The van der Waals surface area contributed by atoms with Crippen molar-refractivity contribution in [1.82, 2.24) is 14.3 Å². The second-order valence-electron chi connectivity index (χ2n) is 5.96. The molecule has 0 aliphatic carbocycles. The standard InChI is InChI=1S/C14H23N3O4S2.ClH/c1-11-10-15-8-7-14(11)16-22(18,19)12-5-4-6-13(9-12)23(20,21)17(2)3;/h4-6,9,11,14-16H,7-8,10H2,1-3H3;1H. The monoisotopic (exact) mass is 397 g/mol. The molecule has 2 unspecified atom stereocenters. The van der Waals surface area contributed by atoms with Crippen LogP contribution in [0, 0.1) is 5.92 Å². The molecular formula is C14H24ClN3O4S2. The summed E-state index contributed by atoms with van der Waals surface area (Å²) in [6, 6.07) is 5.28. The average Bonchev–Trinajstić information content (AvgIpc) is 2.49. The molecule has 1 aliphatic rings. The van der Waals surface area contributed by atoms with Gasteiger partial charge in [-0.05, 0) is 43.6 Å². The van der Waals surface area contributed by atoms with E-state index in [0.717, 1.165) is 17.4 Å². The van der Waals surface area contributed by atoms with Gasteiger partial charge in [-0.15, -0.1) is 12.4 Å². The smallest absolute Gasteiger partial charge is 0.242 e. The van der Waals surface area contributed by atoms with Crippen molar-refractivity contribution in [3.8, 4) is 0 Å². The van der Waals surface area contributed by atoms with Crippen LogP contribution in [0.15, 0.2) is 34.1 Å². The highest BCUT2D eigenvalue weighted by atomic mass is 35.5. The van der Waals surface area contributed by atoms with E-state index in [0.29, 0.717) is 6.42 Å². The second kappa shape index (κ2) is 8.11. The number of nitrogens with zero attached hydrogens (tertiary/aromatic N) is 1. The van der Waals surface area contributed by atoms with Gasteiger partial charge in [0.05, 0.1) is 9.79 Å². The molecule has 2 N–H and O–H groups in total. The third kappa shape index (κ3) is 4.68. The number of piperidine rings is 1. The zero-order valence-corrected chi connectivity index (χ0v) is 16.3. The topological polar surface area (TPSA) is 95.6 Å². The summed E-state index contributed by atoms with van der Waals surface area (Å²) in [7, 11) is -4.62. The van der Waals surface area contributed by atoms with Gasteiger partial charge in [-0.25, -0.2) is 25.9 Å². The van der Waals surface area contributed by atoms with E-state index < -0.39 is 20.0 Å². The molecular weight excluding hydrogens is 374 g/mol. The van der Waals surface area contributed by atoms with E-state index in [-0.39, 0.29) is 34.2 Å². The van der Waals surface area contributed by atoms with E-state index in [4.69, 9.17) is 0 Å². The Kier molecular flexibility index (Phi) is 7.21. The quantitative estimate of drug-likeness (QED) is 0.760. The number of hydrogen-bond acceptors (Lipinski definition) is 5. The third-order valence-corrected chi connectivity index (χ3v) is 7.28. The van der Waals surface area contributed by atoms with Crippen LogP contribution in [0.25, 0.3) is 0 Å². The molecule has 1 aliphatic heterocycles. The maximum Gasteiger partial charge on any atom is 0.242 e. The SMILES string of the molecule is CC1CNCCC1NS(=O)(=O)c1cccc(S(=O)(=O)N(C)C)c1.Cl. The number of hydrogen-bond donors (Lipinski definition) is 2. The van der Waals surface area contributed by atoms with Gasteiger partial charge in [-0.1, -0.05) is 13.0 Å². The molecule has 138 valence electrons. The summed E-state index contributed by atoms with van der Waals surface area (Å²) in [5.74, 6) is 0.173. The van der Waals surface area contributed by atoms with E-state index in [1.165, 1.54) is 38.4 Å². The van der Waals surface area contributed by atoms with Gasteiger partial charge >= 0.3 is 0 Å². The van der Waals surface area contributed by atoms with Crippen LogP contribution in [0.5, 0.6) is 0 Å². The van der Waals surface area contributed by atoms with Crippen LogP contribution in [0.3, 0.4) is 0 Å². The van der Waals surface area contributed by atoms with Crippen LogP contribution in [0.2, 0.25) is 0 Å². The van der Waals surface area contributed by atoms with Gasteiger partial charge < -0.3 is 5.32 Å². The van der Waals surface area contributed by atoms with Crippen molar-refractivity contribution in [2.75, 3.05) is 27.2 Å². The highest BCUT2D eigenvalue weighted by Gasteiger charge is 2.27. The molecule has 0 amide bonds. The average molecular weight is 398 g/mol. The lowest BCUT2D eigenvalue weighted by Crippen LogP contribution is -2.48. The minimum absolute atomic E-state index is 0. The van der Waals surface area contributed by atoms with E-state index in [9.17, 15) is 16.8 Å². The molecule has 0 spiro atoms. The fraction of sp³-hybridized carbons (Fsp3) is 0.571. The Hall–Kier alpha value is -0.710. The van der Waals surface area contributed by atoms with Crippen LogP contribution >= 0.6 is 12.4 Å². The Balaban J connectivity index is 0.00000288. The molecule has 0 bridgehead atoms. The fourth-order valence-electron chi connectivity index (χ4n) is 2.47. The molecule has 1 saturated heterocycles. The first-order chi connectivity index (χ1) is 10.6. The van der Waals surface area contributed by atoms with E-state index in [1.807, 2.05) is 6.92 Å². The molecule has 10 heteroatoms. The summed E-state index contributed by atoms with van der Waals surface area (Å²) in [6.45, 7) is 3.49. The van der Waals surface area contributed by atoms with Crippen molar-refractivity contribution < 1.29 is 16.8 Å². The molecule has 0 saturated carbocycles. The molecule has 7 nitrogen and oxygen atoms in total. The summed E-state index contributed by atoms with van der Waals surface area (Å²) in [4.78, 5) is -0.0742. The first-order valence-corrected chi connectivity index (χ1v) is 10.3. The van der Waals surface area contributed by atoms with Gasteiger partial charge in [-0.3, -0.25) is 0 Å². The Bertz CT molecular complexity index is 766.